The van der Waals surface area contributed by atoms with Gasteiger partial charge in [0.15, 0.2) is 11.6 Å². The molecule has 3 heterocycles. The topological polar surface area (TPSA) is 86.3 Å². The van der Waals surface area contributed by atoms with Crippen LogP contribution < -0.4 is 10.1 Å². The van der Waals surface area contributed by atoms with Gasteiger partial charge in [-0.05, 0) is 49.7 Å². The summed E-state index contributed by atoms with van der Waals surface area (Å²) in [5, 5.41) is 7.41. The Labute approximate surface area is 165 Å². The van der Waals surface area contributed by atoms with E-state index in [1.165, 1.54) is 6.92 Å². The van der Waals surface area contributed by atoms with Crippen LogP contribution in [0.2, 0.25) is 5.28 Å². The van der Waals surface area contributed by atoms with E-state index in [9.17, 15) is 4.79 Å². The standard InChI is InChI=1S/C19H17ClN6O2/c1-11-14(7-6-13(12(2)27)17(11)28-3)25-9-16(21-10-25)22-18-15-5-4-8-26(15)24-19(20)23-18/h4-10H,1-3H3,(H,22,23,24). The number of aromatic nitrogens is 5. The van der Waals surface area contributed by atoms with Crippen molar-refractivity contribution in [2.45, 2.75) is 13.8 Å². The van der Waals surface area contributed by atoms with Crippen LogP contribution in [-0.4, -0.2) is 37.0 Å². The van der Waals surface area contributed by atoms with Gasteiger partial charge in [0.25, 0.3) is 0 Å². The highest BCUT2D eigenvalue weighted by Gasteiger charge is 2.15. The Morgan fingerprint density at radius 2 is 2.11 bits per heavy atom. The Balaban J connectivity index is 1.70. The zero-order valence-electron chi connectivity index (χ0n) is 15.5. The fraction of sp³-hybridized carbons (Fsp3) is 0.158. The van der Waals surface area contributed by atoms with Crippen molar-refractivity contribution in [3.05, 3.63) is 59.4 Å². The van der Waals surface area contributed by atoms with E-state index in [2.05, 4.69) is 20.4 Å². The molecular formula is C19H17ClN6O2. The van der Waals surface area contributed by atoms with Gasteiger partial charge < -0.3 is 14.6 Å². The molecule has 3 aromatic heterocycles. The maximum Gasteiger partial charge on any atom is 0.243 e. The van der Waals surface area contributed by atoms with E-state index in [1.807, 2.05) is 35.9 Å². The van der Waals surface area contributed by atoms with Crippen LogP contribution in [0.15, 0.2) is 43.0 Å². The summed E-state index contributed by atoms with van der Waals surface area (Å²) in [6, 6.07) is 7.36. The number of methoxy groups -OCH3 is 1. The smallest absolute Gasteiger partial charge is 0.243 e. The van der Waals surface area contributed by atoms with E-state index in [0.717, 1.165) is 16.8 Å². The molecular weight excluding hydrogens is 380 g/mol. The van der Waals surface area contributed by atoms with Crippen molar-refractivity contribution in [2.24, 2.45) is 0 Å². The van der Waals surface area contributed by atoms with Crippen LogP contribution in [0.3, 0.4) is 0 Å². The van der Waals surface area contributed by atoms with Crippen LogP contribution in [0.5, 0.6) is 5.75 Å². The van der Waals surface area contributed by atoms with Crippen molar-refractivity contribution in [1.82, 2.24) is 24.1 Å². The summed E-state index contributed by atoms with van der Waals surface area (Å²) in [6.07, 6.45) is 5.29. The lowest BCUT2D eigenvalue weighted by Gasteiger charge is -2.14. The lowest BCUT2D eigenvalue weighted by atomic mass is 10.0. The zero-order valence-corrected chi connectivity index (χ0v) is 16.2. The Morgan fingerprint density at radius 1 is 1.29 bits per heavy atom. The molecule has 0 aliphatic carbocycles. The third-order valence-corrected chi connectivity index (χ3v) is 4.59. The summed E-state index contributed by atoms with van der Waals surface area (Å²) >= 11 is 5.99. The van der Waals surface area contributed by atoms with Gasteiger partial charge in [0.2, 0.25) is 5.28 Å². The summed E-state index contributed by atoms with van der Waals surface area (Å²) in [6.45, 7) is 3.42. The molecule has 0 saturated carbocycles. The average molecular weight is 397 g/mol. The van der Waals surface area contributed by atoms with Gasteiger partial charge in [-0.15, -0.1) is 5.10 Å². The molecule has 0 unspecified atom stereocenters. The number of carbonyl (C=O) groups is 1. The van der Waals surface area contributed by atoms with Crippen molar-refractivity contribution in [3.8, 4) is 11.4 Å². The zero-order chi connectivity index (χ0) is 19.8. The molecule has 28 heavy (non-hydrogen) atoms. The van der Waals surface area contributed by atoms with Gasteiger partial charge in [-0.25, -0.2) is 9.50 Å². The summed E-state index contributed by atoms with van der Waals surface area (Å²) in [5.41, 5.74) is 3.03. The first-order valence-electron chi connectivity index (χ1n) is 8.48. The van der Waals surface area contributed by atoms with E-state index in [4.69, 9.17) is 16.3 Å². The number of carbonyl (C=O) groups excluding carboxylic acids is 1. The number of nitrogens with zero attached hydrogens (tertiary/aromatic N) is 5. The van der Waals surface area contributed by atoms with E-state index < -0.39 is 0 Å². The number of ketones is 1. The normalized spacial score (nSPS) is 11.0. The lowest BCUT2D eigenvalue weighted by Crippen LogP contribution is -2.03. The first kappa shape index (κ1) is 18.0. The Hall–Kier alpha value is -3.39. The van der Waals surface area contributed by atoms with Crippen LogP contribution in [0, 0.1) is 6.92 Å². The van der Waals surface area contributed by atoms with Gasteiger partial charge in [0.1, 0.15) is 23.4 Å². The minimum Gasteiger partial charge on any atom is -0.496 e. The molecule has 0 saturated heterocycles. The third kappa shape index (κ3) is 3.07. The third-order valence-electron chi connectivity index (χ3n) is 4.43. The molecule has 4 aromatic rings. The molecule has 0 aliphatic heterocycles. The highest BCUT2D eigenvalue weighted by Crippen LogP contribution is 2.30. The van der Waals surface area contributed by atoms with Gasteiger partial charge >= 0.3 is 0 Å². The lowest BCUT2D eigenvalue weighted by molar-refractivity contribution is 0.101. The van der Waals surface area contributed by atoms with E-state index in [-0.39, 0.29) is 11.1 Å². The Bertz CT molecular complexity index is 1200. The Morgan fingerprint density at radius 3 is 2.86 bits per heavy atom. The molecule has 0 radical (unpaired) electrons. The monoisotopic (exact) mass is 396 g/mol. The fourth-order valence-electron chi connectivity index (χ4n) is 3.14. The molecule has 0 atom stereocenters. The summed E-state index contributed by atoms with van der Waals surface area (Å²) in [4.78, 5) is 20.4. The molecule has 0 amide bonds. The fourth-order valence-corrected chi connectivity index (χ4v) is 3.31. The second kappa shape index (κ2) is 6.97. The SMILES string of the molecule is COc1c(C(C)=O)ccc(-n2cnc(Nc3nc(Cl)nn4cccc34)c2)c1C. The van der Waals surface area contributed by atoms with Crippen LogP contribution in [0.4, 0.5) is 11.6 Å². The van der Waals surface area contributed by atoms with Crippen molar-refractivity contribution in [1.29, 1.82) is 0 Å². The van der Waals surface area contributed by atoms with Crippen molar-refractivity contribution < 1.29 is 9.53 Å². The Kier molecular flexibility index (Phi) is 4.48. The van der Waals surface area contributed by atoms with Crippen LogP contribution in [0.1, 0.15) is 22.8 Å². The highest BCUT2D eigenvalue weighted by atomic mass is 35.5. The predicted octanol–water partition coefficient (Wildman–Crippen LogP) is 3.83. The number of imidazole rings is 1. The number of nitrogens with one attached hydrogen (secondary N) is 1. The van der Waals surface area contributed by atoms with Crippen LogP contribution >= 0.6 is 11.6 Å². The van der Waals surface area contributed by atoms with E-state index >= 15 is 0 Å². The number of fused-ring (bicyclic) bond motifs is 1. The molecule has 8 nitrogen and oxygen atoms in total. The summed E-state index contributed by atoms with van der Waals surface area (Å²) < 4.78 is 8.94. The molecule has 9 heteroatoms. The number of benzene rings is 1. The summed E-state index contributed by atoms with van der Waals surface area (Å²) in [5.74, 6) is 1.66. The molecule has 4 rings (SSSR count). The van der Waals surface area contributed by atoms with Gasteiger partial charge in [0, 0.05) is 11.8 Å². The maximum absolute atomic E-state index is 11.8. The van der Waals surface area contributed by atoms with Gasteiger partial charge in [0.05, 0.1) is 24.6 Å². The summed E-state index contributed by atoms with van der Waals surface area (Å²) in [7, 11) is 1.56. The van der Waals surface area contributed by atoms with Crippen LogP contribution in [0.25, 0.3) is 11.2 Å². The molecule has 1 N–H and O–H groups in total. The van der Waals surface area contributed by atoms with E-state index in [0.29, 0.717) is 22.9 Å². The number of halogens is 1. The van der Waals surface area contributed by atoms with Crippen molar-refractivity contribution >= 4 is 34.5 Å². The number of Topliss-reactive ketones (excluding diaryl/α,β-unsaturated/α-hetero) is 1. The highest BCUT2D eigenvalue weighted by molar-refractivity contribution is 6.28. The van der Waals surface area contributed by atoms with Gasteiger partial charge in [-0.2, -0.15) is 4.98 Å². The molecule has 0 fully saturated rings. The molecule has 1 aromatic carbocycles. The quantitative estimate of drug-likeness (QED) is 0.516. The maximum atomic E-state index is 11.8. The first-order chi connectivity index (χ1) is 13.5. The number of hydrogen-bond acceptors (Lipinski definition) is 6. The van der Waals surface area contributed by atoms with Crippen molar-refractivity contribution in [3.63, 3.8) is 0 Å². The number of hydrogen-bond donors (Lipinski definition) is 1. The predicted molar refractivity (Wildman–Crippen MR) is 106 cm³/mol. The molecule has 0 bridgehead atoms. The van der Waals surface area contributed by atoms with Crippen LogP contribution in [-0.2, 0) is 0 Å². The second-order valence-corrected chi connectivity index (χ2v) is 6.54. The van der Waals surface area contributed by atoms with E-state index in [1.54, 1.807) is 30.2 Å². The average Bonchev–Trinajstić information content (AvgIpc) is 3.30. The molecule has 0 aliphatic rings. The van der Waals surface area contributed by atoms with Gasteiger partial charge in [-0.3, -0.25) is 4.79 Å². The largest absolute Gasteiger partial charge is 0.496 e. The number of anilines is 2. The number of rotatable bonds is 5. The van der Waals surface area contributed by atoms with Gasteiger partial charge in [-0.1, -0.05) is 0 Å². The number of ether oxygens (including phenoxy) is 1. The molecule has 142 valence electrons. The minimum atomic E-state index is -0.0451. The second-order valence-electron chi connectivity index (χ2n) is 6.21. The minimum absolute atomic E-state index is 0.0451. The first-order valence-corrected chi connectivity index (χ1v) is 8.86. The van der Waals surface area contributed by atoms with Crippen molar-refractivity contribution in [2.75, 3.05) is 12.4 Å². The molecule has 0 spiro atoms.